The molecule has 0 amide bonds. The summed E-state index contributed by atoms with van der Waals surface area (Å²) in [7, 11) is 0. The van der Waals surface area contributed by atoms with E-state index in [0.717, 1.165) is 65.6 Å². The van der Waals surface area contributed by atoms with Gasteiger partial charge in [-0.05, 0) is 45.8 Å². The number of nitrogens with zero attached hydrogens (tertiary/aromatic N) is 2. The molecular formula is C32H18N2O2. The highest BCUT2D eigenvalue weighted by Crippen LogP contribution is 2.38. The van der Waals surface area contributed by atoms with E-state index in [-0.39, 0.29) is 0 Å². The number of aromatic nitrogens is 2. The van der Waals surface area contributed by atoms with E-state index in [9.17, 15) is 0 Å². The molecule has 0 atom stereocenters. The Labute approximate surface area is 205 Å². The Balaban J connectivity index is 1.35. The number of benzene rings is 6. The average molecular weight is 463 g/mol. The van der Waals surface area contributed by atoms with E-state index in [1.807, 2.05) is 48.5 Å². The first-order chi connectivity index (χ1) is 17.8. The van der Waals surface area contributed by atoms with Gasteiger partial charge in [-0.25, -0.2) is 9.97 Å². The second kappa shape index (κ2) is 7.27. The summed E-state index contributed by atoms with van der Waals surface area (Å²) < 4.78 is 12.7. The van der Waals surface area contributed by atoms with Crippen molar-refractivity contribution >= 4 is 54.5 Å². The Morgan fingerprint density at radius 1 is 0.389 bits per heavy atom. The SMILES string of the molecule is c1ccc2c(c1)ccc1nc(-c3ccc(-c4nc5ccc6ccccc6c5o4)c4ccccc34)oc12. The number of rotatable bonds is 2. The summed E-state index contributed by atoms with van der Waals surface area (Å²) in [6.45, 7) is 0. The predicted octanol–water partition coefficient (Wildman–Crippen LogP) is 8.76. The summed E-state index contributed by atoms with van der Waals surface area (Å²) in [5.41, 5.74) is 5.20. The van der Waals surface area contributed by atoms with Crippen LogP contribution in [0.2, 0.25) is 0 Å². The fourth-order valence-corrected chi connectivity index (χ4v) is 5.21. The minimum absolute atomic E-state index is 0.604. The van der Waals surface area contributed by atoms with Crippen molar-refractivity contribution in [1.82, 2.24) is 9.97 Å². The third-order valence-electron chi connectivity index (χ3n) is 6.94. The lowest BCUT2D eigenvalue weighted by Crippen LogP contribution is -1.86. The highest BCUT2D eigenvalue weighted by molar-refractivity contribution is 6.07. The largest absolute Gasteiger partial charge is 0.435 e. The van der Waals surface area contributed by atoms with Crippen molar-refractivity contribution in [2.24, 2.45) is 0 Å². The van der Waals surface area contributed by atoms with Crippen LogP contribution >= 0.6 is 0 Å². The Hall–Kier alpha value is -4.96. The lowest BCUT2D eigenvalue weighted by atomic mass is 9.99. The van der Waals surface area contributed by atoms with E-state index in [2.05, 4.69) is 60.7 Å². The van der Waals surface area contributed by atoms with Gasteiger partial charge in [-0.1, -0.05) is 84.9 Å². The predicted molar refractivity (Wildman–Crippen MR) is 145 cm³/mol. The van der Waals surface area contributed by atoms with Gasteiger partial charge in [0.15, 0.2) is 11.2 Å². The molecule has 0 saturated heterocycles. The van der Waals surface area contributed by atoms with Gasteiger partial charge in [0.05, 0.1) is 0 Å². The van der Waals surface area contributed by atoms with Crippen LogP contribution in [0.4, 0.5) is 0 Å². The highest BCUT2D eigenvalue weighted by Gasteiger charge is 2.18. The van der Waals surface area contributed by atoms with E-state index >= 15 is 0 Å². The van der Waals surface area contributed by atoms with Gasteiger partial charge < -0.3 is 8.83 Å². The van der Waals surface area contributed by atoms with E-state index in [1.165, 1.54) is 0 Å². The van der Waals surface area contributed by atoms with E-state index in [0.29, 0.717) is 11.8 Å². The van der Waals surface area contributed by atoms with Crippen molar-refractivity contribution < 1.29 is 8.83 Å². The van der Waals surface area contributed by atoms with Gasteiger partial charge in [-0.3, -0.25) is 0 Å². The van der Waals surface area contributed by atoms with Gasteiger partial charge in [-0.15, -0.1) is 0 Å². The van der Waals surface area contributed by atoms with Crippen LogP contribution in [0.25, 0.3) is 77.4 Å². The lowest BCUT2D eigenvalue weighted by molar-refractivity contribution is 0.622. The highest BCUT2D eigenvalue weighted by atomic mass is 16.4. The second-order valence-corrected chi connectivity index (χ2v) is 9.01. The van der Waals surface area contributed by atoms with Gasteiger partial charge in [0.2, 0.25) is 11.8 Å². The van der Waals surface area contributed by atoms with Crippen LogP contribution in [0.1, 0.15) is 0 Å². The van der Waals surface area contributed by atoms with Crippen LogP contribution in [-0.4, -0.2) is 9.97 Å². The number of oxazole rings is 2. The minimum Gasteiger partial charge on any atom is -0.435 e. The summed E-state index contributed by atoms with van der Waals surface area (Å²) in [6, 6.07) is 37.0. The lowest BCUT2D eigenvalue weighted by Gasteiger charge is -2.07. The quantitative estimate of drug-likeness (QED) is 0.258. The molecule has 0 fully saturated rings. The van der Waals surface area contributed by atoms with Crippen LogP contribution in [0, 0.1) is 0 Å². The Morgan fingerprint density at radius 3 is 1.28 bits per heavy atom. The van der Waals surface area contributed by atoms with Crippen molar-refractivity contribution in [2.75, 3.05) is 0 Å². The van der Waals surface area contributed by atoms with Crippen LogP contribution in [0.5, 0.6) is 0 Å². The summed E-state index contributed by atoms with van der Waals surface area (Å²) in [5.74, 6) is 1.21. The molecule has 0 aliphatic carbocycles. The Bertz CT molecular complexity index is 1960. The molecule has 36 heavy (non-hydrogen) atoms. The standard InChI is InChI=1S/C32H18N2O2/c1-3-9-21-19(7-1)13-17-27-29(21)35-31(33-27)25-15-16-26(24-12-6-5-11-23(24)25)32-34-28-18-14-20-8-2-4-10-22(20)30(28)36-32/h1-18H. The van der Waals surface area contributed by atoms with Crippen LogP contribution < -0.4 is 0 Å². The summed E-state index contributed by atoms with van der Waals surface area (Å²) in [4.78, 5) is 9.70. The first-order valence-corrected chi connectivity index (χ1v) is 11.9. The molecule has 0 unspecified atom stereocenters. The molecular weight excluding hydrogens is 444 g/mol. The van der Waals surface area contributed by atoms with E-state index in [4.69, 9.17) is 18.8 Å². The van der Waals surface area contributed by atoms with Gasteiger partial charge in [-0.2, -0.15) is 0 Å². The summed E-state index contributed by atoms with van der Waals surface area (Å²) >= 11 is 0. The third kappa shape index (κ3) is 2.75. The second-order valence-electron chi connectivity index (χ2n) is 9.01. The first-order valence-electron chi connectivity index (χ1n) is 11.9. The van der Waals surface area contributed by atoms with Crippen molar-refractivity contribution in [3.8, 4) is 22.9 Å². The molecule has 4 nitrogen and oxygen atoms in total. The molecule has 6 aromatic carbocycles. The molecule has 4 heteroatoms. The maximum Gasteiger partial charge on any atom is 0.227 e. The molecule has 168 valence electrons. The van der Waals surface area contributed by atoms with Crippen LogP contribution in [-0.2, 0) is 0 Å². The molecule has 0 saturated carbocycles. The molecule has 0 N–H and O–H groups in total. The third-order valence-corrected chi connectivity index (χ3v) is 6.94. The summed E-state index contributed by atoms with van der Waals surface area (Å²) in [6.07, 6.45) is 0. The molecule has 0 radical (unpaired) electrons. The van der Waals surface area contributed by atoms with E-state index in [1.54, 1.807) is 0 Å². The molecule has 0 bridgehead atoms. The molecule has 2 heterocycles. The van der Waals surface area contributed by atoms with Crippen molar-refractivity contribution in [2.45, 2.75) is 0 Å². The fraction of sp³-hybridized carbons (Fsp3) is 0. The van der Waals surface area contributed by atoms with E-state index < -0.39 is 0 Å². The normalized spacial score (nSPS) is 11.9. The maximum absolute atomic E-state index is 6.37. The number of hydrogen-bond donors (Lipinski definition) is 0. The maximum atomic E-state index is 6.37. The van der Waals surface area contributed by atoms with Gasteiger partial charge in [0.25, 0.3) is 0 Å². The van der Waals surface area contributed by atoms with Crippen LogP contribution in [0.15, 0.2) is 118 Å². The Kier molecular flexibility index (Phi) is 3.91. The minimum atomic E-state index is 0.604. The van der Waals surface area contributed by atoms with Gasteiger partial charge in [0, 0.05) is 21.9 Å². The summed E-state index contributed by atoms with van der Waals surface area (Å²) in [5, 5.41) is 6.48. The zero-order valence-corrected chi connectivity index (χ0v) is 19.1. The van der Waals surface area contributed by atoms with Crippen molar-refractivity contribution in [3.63, 3.8) is 0 Å². The number of hydrogen-bond acceptors (Lipinski definition) is 4. The number of fused-ring (bicyclic) bond motifs is 7. The zero-order valence-electron chi connectivity index (χ0n) is 19.1. The first kappa shape index (κ1) is 19.4. The van der Waals surface area contributed by atoms with Gasteiger partial charge >= 0.3 is 0 Å². The van der Waals surface area contributed by atoms with Crippen molar-refractivity contribution in [3.05, 3.63) is 109 Å². The monoisotopic (exact) mass is 462 g/mol. The fourth-order valence-electron chi connectivity index (χ4n) is 5.21. The molecule has 0 aliphatic rings. The van der Waals surface area contributed by atoms with Crippen LogP contribution in [0.3, 0.4) is 0 Å². The molecule has 8 rings (SSSR count). The van der Waals surface area contributed by atoms with Crippen molar-refractivity contribution in [1.29, 1.82) is 0 Å². The Morgan fingerprint density at radius 2 is 0.806 bits per heavy atom. The van der Waals surface area contributed by atoms with Gasteiger partial charge in [0.1, 0.15) is 11.0 Å². The smallest absolute Gasteiger partial charge is 0.227 e. The molecule has 0 spiro atoms. The molecule has 0 aliphatic heterocycles. The topological polar surface area (TPSA) is 52.1 Å². The average Bonchev–Trinajstić information content (AvgIpc) is 3.57. The zero-order chi connectivity index (χ0) is 23.6. The molecule has 8 aromatic rings. The molecule has 2 aromatic heterocycles.